The van der Waals surface area contributed by atoms with Crippen molar-refractivity contribution in [3.05, 3.63) is 53.2 Å². The molecule has 0 atom stereocenters. The number of nitriles is 1. The lowest BCUT2D eigenvalue weighted by molar-refractivity contribution is -0.116. The van der Waals surface area contributed by atoms with Crippen molar-refractivity contribution >= 4 is 23.2 Å². The molecule has 2 N–H and O–H groups in total. The first kappa shape index (κ1) is 17.2. The van der Waals surface area contributed by atoms with E-state index in [-0.39, 0.29) is 18.1 Å². The number of ketones is 1. The molecule has 0 aliphatic rings. The Morgan fingerprint density at radius 2 is 2.04 bits per heavy atom. The number of hydrogen-bond donors (Lipinski definition) is 2. The van der Waals surface area contributed by atoms with Crippen LogP contribution in [0, 0.1) is 18.3 Å². The molecule has 2 rings (SSSR count). The number of Topliss-reactive ketones (excluding diaryl/α,β-unsaturated/α-hetero) is 1. The smallest absolute Gasteiger partial charge is 0.227 e. The lowest BCUT2D eigenvalue weighted by atomic mass is 10.1. The Kier molecular flexibility index (Phi) is 5.63. The van der Waals surface area contributed by atoms with Gasteiger partial charge in [-0.05, 0) is 43.7 Å². The van der Waals surface area contributed by atoms with Crippen LogP contribution in [0.25, 0.3) is 0 Å². The van der Waals surface area contributed by atoms with E-state index < -0.39 is 0 Å². The molecule has 0 radical (unpaired) electrons. The fraction of sp³-hybridized carbons (Fsp3) is 0.222. The fourth-order valence-corrected chi connectivity index (χ4v) is 2.12. The zero-order valence-electron chi connectivity index (χ0n) is 13.6. The quantitative estimate of drug-likeness (QED) is 0.797. The highest BCUT2D eigenvalue weighted by atomic mass is 16.1. The zero-order valence-corrected chi connectivity index (χ0v) is 13.6. The summed E-state index contributed by atoms with van der Waals surface area (Å²) >= 11 is 0. The molecule has 1 aromatic carbocycles. The van der Waals surface area contributed by atoms with Crippen molar-refractivity contribution in [2.75, 3.05) is 17.2 Å². The molecule has 0 saturated carbocycles. The Bertz CT molecular complexity index is 792. The zero-order chi connectivity index (χ0) is 17.5. The molecule has 0 aliphatic heterocycles. The number of hydrogen-bond acceptors (Lipinski definition) is 5. The van der Waals surface area contributed by atoms with Gasteiger partial charge in [-0.3, -0.25) is 9.59 Å². The van der Waals surface area contributed by atoms with Gasteiger partial charge < -0.3 is 10.6 Å². The minimum Gasteiger partial charge on any atom is -0.384 e. The van der Waals surface area contributed by atoms with Crippen molar-refractivity contribution in [3.63, 3.8) is 0 Å². The van der Waals surface area contributed by atoms with Crippen molar-refractivity contribution < 1.29 is 9.59 Å². The Balaban J connectivity index is 1.94. The monoisotopic (exact) mass is 322 g/mol. The van der Waals surface area contributed by atoms with Gasteiger partial charge in [-0.15, -0.1) is 0 Å². The minimum atomic E-state index is -0.181. The number of carbonyl (C=O) groups excluding carboxylic acids is 2. The van der Waals surface area contributed by atoms with E-state index in [1.54, 1.807) is 30.5 Å². The first-order chi connectivity index (χ1) is 11.5. The predicted octanol–water partition coefficient (Wildman–Crippen LogP) is 2.91. The number of nitrogens with one attached hydrogen (secondary N) is 2. The second-order valence-corrected chi connectivity index (χ2v) is 5.37. The van der Waals surface area contributed by atoms with E-state index >= 15 is 0 Å². The van der Waals surface area contributed by atoms with Gasteiger partial charge in [-0.2, -0.15) is 5.26 Å². The third kappa shape index (κ3) is 4.65. The van der Waals surface area contributed by atoms with Crippen LogP contribution in [0.3, 0.4) is 0 Å². The highest BCUT2D eigenvalue weighted by Gasteiger charge is 2.09. The molecule has 24 heavy (non-hydrogen) atoms. The van der Waals surface area contributed by atoms with Crippen molar-refractivity contribution in [3.8, 4) is 6.07 Å². The van der Waals surface area contributed by atoms with Crippen LogP contribution < -0.4 is 10.6 Å². The van der Waals surface area contributed by atoms with E-state index in [0.717, 1.165) is 5.56 Å². The van der Waals surface area contributed by atoms with Gasteiger partial charge in [0.25, 0.3) is 0 Å². The third-order valence-electron chi connectivity index (χ3n) is 3.37. The molecule has 6 nitrogen and oxygen atoms in total. The minimum absolute atomic E-state index is 0.102. The summed E-state index contributed by atoms with van der Waals surface area (Å²) < 4.78 is 0. The number of pyridine rings is 1. The summed E-state index contributed by atoms with van der Waals surface area (Å²) in [6.45, 7) is 3.72. The molecule has 1 aromatic heterocycles. The Labute approximate surface area is 140 Å². The van der Waals surface area contributed by atoms with Crippen LogP contribution >= 0.6 is 0 Å². The van der Waals surface area contributed by atoms with E-state index in [9.17, 15) is 9.59 Å². The van der Waals surface area contributed by atoms with Crippen LogP contribution in [0.15, 0.2) is 36.5 Å². The number of nitrogens with zero attached hydrogens (tertiary/aromatic N) is 2. The maximum atomic E-state index is 11.9. The lowest BCUT2D eigenvalue weighted by Gasteiger charge is -2.11. The van der Waals surface area contributed by atoms with Crippen LogP contribution in [0.5, 0.6) is 0 Å². The molecule has 1 heterocycles. The second kappa shape index (κ2) is 7.88. The summed E-state index contributed by atoms with van der Waals surface area (Å²) in [4.78, 5) is 27.7. The Morgan fingerprint density at radius 3 is 2.67 bits per heavy atom. The first-order valence-electron chi connectivity index (χ1n) is 7.51. The summed E-state index contributed by atoms with van der Waals surface area (Å²) in [6, 6.07) is 10.5. The summed E-state index contributed by atoms with van der Waals surface area (Å²) in [7, 11) is 0. The number of anilines is 2. The normalized spacial score (nSPS) is 9.88. The molecule has 0 saturated heterocycles. The van der Waals surface area contributed by atoms with E-state index in [2.05, 4.69) is 15.6 Å². The maximum Gasteiger partial charge on any atom is 0.227 e. The van der Waals surface area contributed by atoms with Crippen molar-refractivity contribution in [2.24, 2.45) is 0 Å². The molecule has 2 aromatic rings. The highest BCUT2D eigenvalue weighted by molar-refractivity contribution is 5.99. The molecule has 122 valence electrons. The average molecular weight is 322 g/mol. The maximum absolute atomic E-state index is 11.9. The lowest BCUT2D eigenvalue weighted by Crippen LogP contribution is -2.17. The molecule has 0 aliphatic carbocycles. The SMILES string of the molecule is CC(=O)c1ccc(C#N)cc1NCCC(=O)Nc1ccc(C)cn1. The standard InChI is InChI=1S/C18H18N4O2/c1-12-3-6-17(21-11-12)22-18(24)7-8-20-16-9-14(10-19)4-5-15(16)13(2)23/h3-6,9,11,20H,7-8H2,1-2H3,(H,21,22,24). The van der Waals surface area contributed by atoms with Crippen LogP contribution in [0.4, 0.5) is 11.5 Å². The largest absolute Gasteiger partial charge is 0.384 e. The molecule has 6 heteroatoms. The first-order valence-corrected chi connectivity index (χ1v) is 7.51. The average Bonchev–Trinajstić information content (AvgIpc) is 2.56. The molecule has 0 bridgehead atoms. The number of rotatable bonds is 6. The molecule has 0 fully saturated rings. The topological polar surface area (TPSA) is 94.9 Å². The van der Waals surface area contributed by atoms with Crippen molar-refractivity contribution in [1.29, 1.82) is 5.26 Å². The van der Waals surface area contributed by atoms with Gasteiger partial charge >= 0.3 is 0 Å². The van der Waals surface area contributed by atoms with Crippen LogP contribution in [0.2, 0.25) is 0 Å². The third-order valence-corrected chi connectivity index (χ3v) is 3.37. The van der Waals surface area contributed by atoms with Gasteiger partial charge in [0.2, 0.25) is 5.91 Å². The van der Waals surface area contributed by atoms with E-state index in [4.69, 9.17) is 5.26 Å². The van der Waals surface area contributed by atoms with Gasteiger partial charge in [-0.25, -0.2) is 4.98 Å². The number of carbonyl (C=O) groups is 2. The number of amides is 1. The van der Waals surface area contributed by atoms with Crippen molar-refractivity contribution in [1.82, 2.24) is 4.98 Å². The van der Waals surface area contributed by atoms with Crippen LogP contribution in [-0.2, 0) is 4.79 Å². The summed E-state index contributed by atoms with van der Waals surface area (Å²) in [5.41, 5.74) is 2.53. The molecular formula is C18H18N4O2. The Morgan fingerprint density at radius 1 is 1.25 bits per heavy atom. The van der Waals surface area contributed by atoms with Crippen LogP contribution in [-0.4, -0.2) is 23.2 Å². The molecule has 1 amide bonds. The highest BCUT2D eigenvalue weighted by Crippen LogP contribution is 2.18. The second-order valence-electron chi connectivity index (χ2n) is 5.37. The van der Waals surface area contributed by atoms with Gasteiger partial charge in [0, 0.05) is 30.4 Å². The Hall–Kier alpha value is -3.20. The van der Waals surface area contributed by atoms with E-state index in [1.807, 2.05) is 19.1 Å². The summed E-state index contributed by atoms with van der Waals surface area (Å²) in [5, 5.41) is 14.7. The predicted molar refractivity (Wildman–Crippen MR) is 91.9 cm³/mol. The van der Waals surface area contributed by atoms with Gasteiger partial charge in [0.1, 0.15) is 5.82 Å². The van der Waals surface area contributed by atoms with E-state index in [1.165, 1.54) is 6.92 Å². The number of aryl methyl sites for hydroxylation is 1. The van der Waals surface area contributed by atoms with Gasteiger partial charge in [0.15, 0.2) is 5.78 Å². The fourth-order valence-electron chi connectivity index (χ4n) is 2.12. The molecule has 0 unspecified atom stereocenters. The number of aromatic nitrogens is 1. The number of benzene rings is 1. The van der Waals surface area contributed by atoms with E-state index in [0.29, 0.717) is 29.2 Å². The molecular weight excluding hydrogens is 304 g/mol. The summed E-state index contributed by atoms with van der Waals surface area (Å²) in [5.74, 6) is 0.219. The van der Waals surface area contributed by atoms with Gasteiger partial charge in [-0.1, -0.05) is 6.07 Å². The van der Waals surface area contributed by atoms with Gasteiger partial charge in [0.05, 0.1) is 11.6 Å². The van der Waals surface area contributed by atoms with Crippen LogP contribution in [0.1, 0.15) is 34.8 Å². The molecule has 0 spiro atoms. The summed E-state index contributed by atoms with van der Waals surface area (Å²) in [6.07, 6.45) is 1.89. The van der Waals surface area contributed by atoms with Crippen molar-refractivity contribution in [2.45, 2.75) is 20.3 Å².